The van der Waals surface area contributed by atoms with Crippen molar-refractivity contribution in [3.63, 3.8) is 0 Å². The minimum Gasteiger partial charge on any atom is -0.490 e. The summed E-state index contributed by atoms with van der Waals surface area (Å²) in [6.07, 6.45) is 3.20. The highest BCUT2D eigenvalue weighted by atomic mass is 35.5. The molecule has 1 saturated carbocycles. The van der Waals surface area contributed by atoms with Gasteiger partial charge in [0.1, 0.15) is 17.7 Å². The molecule has 0 spiro atoms. The summed E-state index contributed by atoms with van der Waals surface area (Å²) < 4.78 is 19.4. The standard InChI is InChI=1S/C15H21ClFNO/c1-4-15(5-2)13(18-3)9-14(15)19-10-6-7-11(16)12(17)8-10/h6-8,13-14,18H,4-5,9H2,1-3H3. The van der Waals surface area contributed by atoms with Crippen LogP contribution in [0.5, 0.6) is 5.75 Å². The first-order valence-electron chi connectivity index (χ1n) is 6.86. The van der Waals surface area contributed by atoms with Crippen LogP contribution in [-0.2, 0) is 0 Å². The van der Waals surface area contributed by atoms with Crippen LogP contribution in [0.25, 0.3) is 0 Å². The first kappa shape index (κ1) is 14.6. The molecule has 1 N–H and O–H groups in total. The molecule has 4 heteroatoms. The fourth-order valence-electron chi connectivity index (χ4n) is 3.23. The summed E-state index contributed by atoms with van der Waals surface area (Å²) in [7, 11) is 1.99. The Kier molecular flexibility index (Phi) is 4.36. The number of nitrogens with one attached hydrogen (secondary N) is 1. The molecule has 0 amide bonds. The number of hydrogen-bond acceptors (Lipinski definition) is 2. The van der Waals surface area contributed by atoms with Crippen molar-refractivity contribution in [1.82, 2.24) is 5.32 Å². The Bertz CT molecular complexity index is 448. The minimum absolute atomic E-state index is 0.131. The van der Waals surface area contributed by atoms with E-state index in [-0.39, 0.29) is 16.5 Å². The van der Waals surface area contributed by atoms with Crippen LogP contribution >= 0.6 is 11.6 Å². The predicted molar refractivity (Wildman–Crippen MR) is 76.3 cm³/mol. The summed E-state index contributed by atoms with van der Waals surface area (Å²) >= 11 is 5.68. The normalized spacial score (nSPS) is 24.9. The maximum Gasteiger partial charge on any atom is 0.145 e. The van der Waals surface area contributed by atoms with Crippen molar-refractivity contribution in [2.75, 3.05) is 7.05 Å². The van der Waals surface area contributed by atoms with Crippen LogP contribution in [0.4, 0.5) is 4.39 Å². The van der Waals surface area contributed by atoms with E-state index in [0.717, 1.165) is 19.3 Å². The third-order valence-electron chi connectivity index (χ3n) is 4.62. The van der Waals surface area contributed by atoms with Gasteiger partial charge in [0.15, 0.2) is 0 Å². The fraction of sp³-hybridized carbons (Fsp3) is 0.600. The summed E-state index contributed by atoms with van der Waals surface area (Å²) in [6, 6.07) is 5.11. The second-order valence-electron chi connectivity index (χ2n) is 5.20. The van der Waals surface area contributed by atoms with Gasteiger partial charge in [-0.3, -0.25) is 0 Å². The molecule has 0 aliphatic heterocycles. The first-order chi connectivity index (χ1) is 9.07. The molecule has 2 unspecified atom stereocenters. The van der Waals surface area contributed by atoms with Crippen LogP contribution in [0.3, 0.4) is 0 Å². The van der Waals surface area contributed by atoms with Gasteiger partial charge in [-0.05, 0) is 32.0 Å². The van der Waals surface area contributed by atoms with Crippen LogP contribution in [0.2, 0.25) is 5.02 Å². The Morgan fingerprint density at radius 1 is 1.42 bits per heavy atom. The summed E-state index contributed by atoms with van der Waals surface area (Å²) in [4.78, 5) is 0. The van der Waals surface area contributed by atoms with Crippen LogP contribution in [0.15, 0.2) is 18.2 Å². The van der Waals surface area contributed by atoms with Gasteiger partial charge in [-0.25, -0.2) is 4.39 Å². The lowest BCUT2D eigenvalue weighted by Crippen LogP contribution is -2.63. The van der Waals surface area contributed by atoms with E-state index in [2.05, 4.69) is 19.2 Å². The van der Waals surface area contributed by atoms with Crippen molar-refractivity contribution in [1.29, 1.82) is 0 Å². The van der Waals surface area contributed by atoms with Crippen LogP contribution < -0.4 is 10.1 Å². The third-order valence-corrected chi connectivity index (χ3v) is 4.93. The minimum atomic E-state index is -0.428. The predicted octanol–water partition coefficient (Wildman–Crippen LogP) is 4.02. The van der Waals surface area contributed by atoms with Gasteiger partial charge in [-0.15, -0.1) is 0 Å². The van der Waals surface area contributed by atoms with Gasteiger partial charge in [-0.1, -0.05) is 25.4 Å². The van der Waals surface area contributed by atoms with E-state index in [0.29, 0.717) is 11.8 Å². The van der Waals surface area contributed by atoms with Crippen molar-refractivity contribution >= 4 is 11.6 Å². The van der Waals surface area contributed by atoms with Crippen molar-refractivity contribution in [2.24, 2.45) is 5.41 Å². The molecule has 2 nitrogen and oxygen atoms in total. The largest absolute Gasteiger partial charge is 0.490 e. The molecule has 2 rings (SSSR count). The number of ether oxygens (including phenoxy) is 1. The van der Waals surface area contributed by atoms with E-state index in [4.69, 9.17) is 16.3 Å². The van der Waals surface area contributed by atoms with Gasteiger partial charge in [-0.2, -0.15) is 0 Å². The molecule has 1 aliphatic carbocycles. The van der Waals surface area contributed by atoms with Gasteiger partial charge in [0.25, 0.3) is 0 Å². The summed E-state index contributed by atoms with van der Waals surface area (Å²) in [5.74, 6) is 0.134. The SMILES string of the molecule is CCC1(CC)C(NC)CC1Oc1ccc(Cl)c(F)c1. The van der Waals surface area contributed by atoms with E-state index in [1.807, 2.05) is 7.05 Å². The molecular weight excluding hydrogens is 265 g/mol. The Morgan fingerprint density at radius 2 is 2.11 bits per heavy atom. The lowest BCUT2D eigenvalue weighted by atomic mass is 9.58. The lowest BCUT2D eigenvalue weighted by Gasteiger charge is -2.55. The Balaban J connectivity index is 2.13. The van der Waals surface area contributed by atoms with E-state index in [1.165, 1.54) is 6.07 Å². The average Bonchev–Trinajstić information content (AvgIpc) is 2.40. The molecule has 1 aliphatic rings. The van der Waals surface area contributed by atoms with Crippen LogP contribution in [-0.4, -0.2) is 19.2 Å². The first-order valence-corrected chi connectivity index (χ1v) is 7.24. The summed E-state index contributed by atoms with van der Waals surface area (Å²) in [5, 5.41) is 3.49. The van der Waals surface area contributed by atoms with Gasteiger partial charge >= 0.3 is 0 Å². The highest BCUT2D eigenvalue weighted by molar-refractivity contribution is 6.30. The zero-order valence-corrected chi connectivity index (χ0v) is 12.4. The lowest BCUT2D eigenvalue weighted by molar-refractivity contribution is -0.0836. The second kappa shape index (κ2) is 5.68. The molecule has 1 aromatic carbocycles. The third kappa shape index (κ3) is 2.46. The van der Waals surface area contributed by atoms with E-state index in [1.54, 1.807) is 12.1 Å². The molecule has 0 radical (unpaired) electrons. The van der Waals surface area contributed by atoms with Crippen LogP contribution in [0.1, 0.15) is 33.1 Å². The van der Waals surface area contributed by atoms with Gasteiger partial charge in [0.2, 0.25) is 0 Å². The zero-order chi connectivity index (χ0) is 14.0. The maximum atomic E-state index is 13.4. The van der Waals surface area contributed by atoms with Crippen molar-refractivity contribution in [2.45, 2.75) is 45.3 Å². The van der Waals surface area contributed by atoms with Crippen molar-refractivity contribution in [3.8, 4) is 5.75 Å². The fourth-order valence-corrected chi connectivity index (χ4v) is 3.35. The number of rotatable bonds is 5. The number of benzene rings is 1. The van der Waals surface area contributed by atoms with E-state index < -0.39 is 5.82 Å². The molecule has 106 valence electrons. The van der Waals surface area contributed by atoms with Crippen molar-refractivity contribution < 1.29 is 9.13 Å². The zero-order valence-electron chi connectivity index (χ0n) is 11.7. The van der Waals surface area contributed by atoms with Gasteiger partial charge < -0.3 is 10.1 Å². The maximum absolute atomic E-state index is 13.4. The second-order valence-corrected chi connectivity index (χ2v) is 5.61. The average molecular weight is 286 g/mol. The summed E-state index contributed by atoms with van der Waals surface area (Å²) in [6.45, 7) is 4.37. The molecule has 1 aromatic rings. The number of hydrogen-bond donors (Lipinski definition) is 1. The van der Waals surface area contributed by atoms with Gasteiger partial charge in [0, 0.05) is 23.9 Å². The highest BCUT2D eigenvalue weighted by Gasteiger charge is 2.53. The molecule has 19 heavy (non-hydrogen) atoms. The Hall–Kier alpha value is -0.800. The van der Waals surface area contributed by atoms with E-state index >= 15 is 0 Å². The molecular formula is C15H21ClFNO. The molecule has 0 bridgehead atoms. The quantitative estimate of drug-likeness (QED) is 0.882. The number of halogens is 2. The van der Waals surface area contributed by atoms with Crippen molar-refractivity contribution in [3.05, 3.63) is 29.0 Å². The molecule has 1 fully saturated rings. The molecule has 2 atom stereocenters. The summed E-state index contributed by atoms with van der Waals surface area (Å²) in [5.41, 5.74) is 0.144. The monoisotopic (exact) mass is 285 g/mol. The topological polar surface area (TPSA) is 21.3 Å². The Labute approximate surface area is 119 Å². The van der Waals surface area contributed by atoms with Crippen LogP contribution in [0, 0.1) is 11.2 Å². The Morgan fingerprint density at radius 3 is 2.63 bits per heavy atom. The smallest absolute Gasteiger partial charge is 0.145 e. The van der Waals surface area contributed by atoms with Gasteiger partial charge in [0.05, 0.1) is 5.02 Å². The molecule has 0 heterocycles. The highest BCUT2D eigenvalue weighted by Crippen LogP contribution is 2.48. The van der Waals surface area contributed by atoms with E-state index in [9.17, 15) is 4.39 Å². The molecule has 0 saturated heterocycles. The molecule has 0 aromatic heterocycles.